The Labute approximate surface area is 125 Å². The topological polar surface area (TPSA) is 56.7 Å². The molecule has 0 spiro atoms. The molecule has 2 aromatic heterocycles. The van der Waals surface area contributed by atoms with Crippen molar-refractivity contribution in [2.75, 3.05) is 5.73 Å². The second-order valence-electron chi connectivity index (χ2n) is 4.63. The highest BCUT2D eigenvalue weighted by molar-refractivity contribution is 9.10. The van der Waals surface area contributed by atoms with Crippen LogP contribution in [0, 0.1) is 6.92 Å². The van der Waals surface area contributed by atoms with E-state index in [2.05, 4.69) is 32.8 Å². The minimum Gasteiger partial charge on any atom is -0.383 e. The molecule has 0 saturated carbocycles. The number of nitrogen functional groups attached to an aromatic ring is 1. The molecule has 4 nitrogen and oxygen atoms in total. The Bertz CT molecular complexity index is 792. The van der Waals surface area contributed by atoms with E-state index in [9.17, 15) is 0 Å². The molecule has 1 aromatic carbocycles. The molecule has 0 fully saturated rings. The highest BCUT2D eigenvalue weighted by atomic mass is 79.9. The number of aromatic nitrogens is 3. The van der Waals surface area contributed by atoms with Crippen LogP contribution in [-0.4, -0.2) is 14.5 Å². The highest BCUT2D eigenvalue weighted by Crippen LogP contribution is 2.34. The molecule has 2 heterocycles. The monoisotopic (exact) mass is 330 g/mol. The molecule has 0 bridgehead atoms. The van der Waals surface area contributed by atoms with Crippen molar-refractivity contribution in [2.24, 2.45) is 0 Å². The molecule has 2 N–H and O–H groups in total. The van der Waals surface area contributed by atoms with Crippen LogP contribution in [0.4, 0.5) is 5.82 Å². The summed E-state index contributed by atoms with van der Waals surface area (Å²) in [6, 6.07) is 7.99. The van der Waals surface area contributed by atoms with Gasteiger partial charge in [-0.2, -0.15) is 0 Å². The number of hydrogen-bond donors (Lipinski definition) is 1. The van der Waals surface area contributed by atoms with Gasteiger partial charge in [-0.3, -0.25) is 4.98 Å². The van der Waals surface area contributed by atoms with E-state index < -0.39 is 0 Å². The summed E-state index contributed by atoms with van der Waals surface area (Å²) in [7, 11) is 0. The number of pyridine rings is 1. The van der Waals surface area contributed by atoms with E-state index in [-0.39, 0.29) is 0 Å². The average Bonchev–Trinajstić information content (AvgIpc) is 2.74. The lowest BCUT2D eigenvalue weighted by atomic mass is 10.1. The Balaban J connectivity index is 2.33. The third-order valence-corrected chi connectivity index (χ3v) is 4.18. The van der Waals surface area contributed by atoms with Crippen LogP contribution < -0.4 is 5.73 Å². The van der Waals surface area contributed by atoms with E-state index in [0.29, 0.717) is 5.82 Å². The number of aryl methyl sites for hydroxylation is 1. The number of anilines is 1. The van der Waals surface area contributed by atoms with Gasteiger partial charge in [0.1, 0.15) is 17.3 Å². The number of hydrogen-bond acceptors (Lipinski definition) is 3. The summed E-state index contributed by atoms with van der Waals surface area (Å²) in [5.74, 6) is 1.62. The maximum Gasteiger partial charge on any atom is 0.131 e. The second kappa shape index (κ2) is 4.90. The molecule has 20 heavy (non-hydrogen) atoms. The lowest BCUT2D eigenvalue weighted by Crippen LogP contribution is -2.02. The van der Waals surface area contributed by atoms with Crippen molar-refractivity contribution in [3.05, 3.63) is 40.8 Å². The van der Waals surface area contributed by atoms with Crippen molar-refractivity contribution >= 4 is 32.7 Å². The summed E-state index contributed by atoms with van der Waals surface area (Å²) < 4.78 is 3.03. The molecule has 0 aliphatic carbocycles. The van der Waals surface area contributed by atoms with Crippen LogP contribution in [0.2, 0.25) is 0 Å². The third kappa shape index (κ3) is 1.89. The van der Waals surface area contributed by atoms with Crippen LogP contribution in [0.1, 0.15) is 12.7 Å². The number of fused-ring (bicyclic) bond motifs is 1. The minimum atomic E-state index is 0.694. The normalized spacial score (nSPS) is 11.2. The van der Waals surface area contributed by atoms with Gasteiger partial charge in [0.05, 0.1) is 5.52 Å². The van der Waals surface area contributed by atoms with Crippen molar-refractivity contribution in [3.8, 4) is 11.3 Å². The number of nitrogens with zero attached hydrogens (tertiary/aromatic N) is 3. The molecule has 102 valence electrons. The molecule has 0 aliphatic rings. The first-order valence-corrected chi connectivity index (χ1v) is 7.29. The van der Waals surface area contributed by atoms with Crippen LogP contribution in [0.5, 0.6) is 0 Å². The van der Waals surface area contributed by atoms with Gasteiger partial charge in [-0.15, -0.1) is 0 Å². The highest BCUT2D eigenvalue weighted by Gasteiger charge is 2.16. The molecular formula is C15H15BrN4. The molecule has 0 amide bonds. The smallest absolute Gasteiger partial charge is 0.131 e. The van der Waals surface area contributed by atoms with Crippen LogP contribution in [0.15, 0.2) is 34.9 Å². The van der Waals surface area contributed by atoms with Gasteiger partial charge >= 0.3 is 0 Å². The Hall–Kier alpha value is -1.88. The van der Waals surface area contributed by atoms with Crippen LogP contribution in [-0.2, 0) is 6.54 Å². The molecule has 0 radical (unpaired) electrons. The van der Waals surface area contributed by atoms with Crippen LogP contribution >= 0.6 is 15.9 Å². The van der Waals surface area contributed by atoms with Crippen molar-refractivity contribution in [1.29, 1.82) is 0 Å². The first-order chi connectivity index (χ1) is 9.63. The van der Waals surface area contributed by atoms with E-state index in [1.807, 2.05) is 35.8 Å². The zero-order valence-corrected chi connectivity index (χ0v) is 13.0. The number of benzene rings is 1. The number of nitrogens with two attached hydrogens (primary N) is 1. The summed E-state index contributed by atoms with van der Waals surface area (Å²) in [6.45, 7) is 4.84. The lowest BCUT2D eigenvalue weighted by Gasteiger charge is -2.07. The zero-order chi connectivity index (χ0) is 14.3. The van der Waals surface area contributed by atoms with Gasteiger partial charge in [-0.25, -0.2) is 4.98 Å². The maximum atomic E-state index is 6.24. The Morgan fingerprint density at radius 1 is 1.30 bits per heavy atom. The summed E-state index contributed by atoms with van der Waals surface area (Å²) in [5, 5.41) is 1.06. The molecule has 3 rings (SSSR count). The van der Waals surface area contributed by atoms with Crippen molar-refractivity contribution in [1.82, 2.24) is 14.5 Å². The Kier molecular flexibility index (Phi) is 3.22. The van der Waals surface area contributed by atoms with Gasteiger partial charge in [0.15, 0.2) is 0 Å². The summed E-state index contributed by atoms with van der Waals surface area (Å²) in [6.07, 6.45) is 1.79. The fourth-order valence-electron chi connectivity index (χ4n) is 2.51. The summed E-state index contributed by atoms with van der Waals surface area (Å²) >= 11 is 3.56. The van der Waals surface area contributed by atoms with E-state index in [1.165, 1.54) is 0 Å². The van der Waals surface area contributed by atoms with Crippen molar-refractivity contribution in [3.63, 3.8) is 0 Å². The van der Waals surface area contributed by atoms with Gasteiger partial charge < -0.3 is 10.3 Å². The van der Waals surface area contributed by atoms with Crippen LogP contribution in [0.25, 0.3) is 22.2 Å². The largest absolute Gasteiger partial charge is 0.383 e. The number of halogens is 1. The minimum absolute atomic E-state index is 0.694. The van der Waals surface area contributed by atoms with Gasteiger partial charge in [0, 0.05) is 28.2 Å². The Morgan fingerprint density at radius 3 is 2.80 bits per heavy atom. The Morgan fingerprint density at radius 2 is 2.10 bits per heavy atom. The molecular weight excluding hydrogens is 316 g/mol. The van der Waals surface area contributed by atoms with Gasteiger partial charge in [0.25, 0.3) is 0 Å². The standard InChI is InChI=1S/C15H15BrN4/c1-3-20-9(2)19-14(15(20)17)11-6-7-12(16)10-5-4-8-18-13(10)11/h4-8H,3,17H2,1-2H3. The molecule has 0 unspecified atom stereocenters. The predicted octanol–water partition coefficient (Wildman–Crippen LogP) is 3.77. The molecule has 5 heteroatoms. The van der Waals surface area contributed by atoms with Gasteiger partial charge in [0.2, 0.25) is 0 Å². The molecule has 0 aliphatic heterocycles. The molecule has 3 aromatic rings. The average molecular weight is 331 g/mol. The fraction of sp³-hybridized carbons (Fsp3) is 0.200. The van der Waals surface area contributed by atoms with E-state index >= 15 is 0 Å². The fourth-order valence-corrected chi connectivity index (χ4v) is 2.96. The van der Waals surface area contributed by atoms with E-state index in [1.54, 1.807) is 6.20 Å². The number of rotatable bonds is 2. The SMILES string of the molecule is CCn1c(C)nc(-c2ccc(Br)c3cccnc23)c1N. The summed E-state index contributed by atoms with van der Waals surface area (Å²) in [5.41, 5.74) is 8.92. The van der Waals surface area contributed by atoms with Gasteiger partial charge in [-0.1, -0.05) is 22.0 Å². The first kappa shape index (κ1) is 13.1. The van der Waals surface area contributed by atoms with Crippen molar-refractivity contribution < 1.29 is 0 Å². The van der Waals surface area contributed by atoms with Gasteiger partial charge in [-0.05, 0) is 32.0 Å². The second-order valence-corrected chi connectivity index (χ2v) is 5.49. The predicted molar refractivity (Wildman–Crippen MR) is 85.5 cm³/mol. The maximum absolute atomic E-state index is 6.24. The lowest BCUT2D eigenvalue weighted by molar-refractivity contribution is 0.739. The van der Waals surface area contributed by atoms with Crippen molar-refractivity contribution in [2.45, 2.75) is 20.4 Å². The van der Waals surface area contributed by atoms with Crippen LogP contribution in [0.3, 0.4) is 0 Å². The first-order valence-electron chi connectivity index (χ1n) is 6.49. The zero-order valence-electron chi connectivity index (χ0n) is 11.4. The molecule has 0 saturated heterocycles. The van der Waals surface area contributed by atoms with E-state index in [4.69, 9.17) is 5.73 Å². The summed E-state index contributed by atoms with van der Waals surface area (Å²) in [4.78, 5) is 9.10. The number of imidazole rings is 1. The quantitative estimate of drug-likeness (QED) is 0.778. The van der Waals surface area contributed by atoms with E-state index in [0.717, 1.165) is 39.0 Å². The molecule has 0 atom stereocenters. The third-order valence-electron chi connectivity index (χ3n) is 3.49.